The van der Waals surface area contributed by atoms with Crippen LogP contribution in [0.1, 0.15) is 49.3 Å². The molecule has 4 rings (SSSR count). The van der Waals surface area contributed by atoms with Crippen molar-refractivity contribution in [2.45, 2.75) is 51.5 Å². The van der Waals surface area contributed by atoms with Gasteiger partial charge in [-0.2, -0.15) is 0 Å². The summed E-state index contributed by atoms with van der Waals surface area (Å²) in [5.74, 6) is -0.359. The molecule has 8 nitrogen and oxygen atoms in total. The summed E-state index contributed by atoms with van der Waals surface area (Å²) in [4.78, 5) is 33.9. The molecule has 1 fully saturated rings. The Morgan fingerprint density at radius 2 is 1.97 bits per heavy atom. The normalized spacial score (nSPS) is 20.9. The maximum absolute atomic E-state index is 13.4. The van der Waals surface area contributed by atoms with Crippen LogP contribution in [-0.2, 0) is 27.3 Å². The standard InChI is InChI=1S/C29H38N2O6/c1-4-13-31(37-14-5-2)27(32)19-30-18-23(20-10-11-26-22(16-20)12-15-36-26)28(29(33)34)24(30)17-21-8-6-7-9-25(21)35-3/h6-11,16,23-24,28H,4-5,12-15,17-19H2,1-3H3,(H,33,34). The summed E-state index contributed by atoms with van der Waals surface area (Å²) in [7, 11) is 1.62. The second kappa shape index (κ2) is 12.4. The van der Waals surface area contributed by atoms with E-state index in [2.05, 4.69) is 6.07 Å². The number of likely N-dealkylation sites (tertiary alicyclic amines) is 1. The molecule has 37 heavy (non-hydrogen) atoms. The van der Waals surface area contributed by atoms with E-state index in [9.17, 15) is 14.7 Å². The van der Waals surface area contributed by atoms with Crippen molar-refractivity contribution >= 4 is 11.9 Å². The molecule has 2 aliphatic rings. The van der Waals surface area contributed by atoms with Crippen LogP contribution in [0.2, 0.25) is 0 Å². The summed E-state index contributed by atoms with van der Waals surface area (Å²) in [5, 5.41) is 11.9. The number of hydrogen-bond donors (Lipinski definition) is 1. The fourth-order valence-electron chi connectivity index (χ4n) is 5.54. The molecule has 0 radical (unpaired) electrons. The van der Waals surface area contributed by atoms with Gasteiger partial charge in [-0.05, 0) is 48.1 Å². The van der Waals surface area contributed by atoms with E-state index in [-0.39, 0.29) is 24.4 Å². The molecule has 2 heterocycles. The third-order valence-electron chi connectivity index (χ3n) is 7.29. The highest BCUT2D eigenvalue weighted by molar-refractivity contribution is 5.78. The molecule has 0 aromatic heterocycles. The van der Waals surface area contributed by atoms with Crippen LogP contribution in [-0.4, -0.2) is 72.9 Å². The van der Waals surface area contributed by atoms with Gasteiger partial charge in [-0.15, -0.1) is 0 Å². The molecule has 2 aromatic rings. The Kier molecular flexibility index (Phi) is 9.05. The predicted molar refractivity (Wildman–Crippen MR) is 140 cm³/mol. The van der Waals surface area contributed by atoms with Crippen molar-refractivity contribution in [1.82, 2.24) is 9.96 Å². The molecule has 0 saturated carbocycles. The van der Waals surface area contributed by atoms with Crippen LogP contribution in [0.5, 0.6) is 11.5 Å². The highest BCUT2D eigenvalue weighted by atomic mass is 16.7. The Balaban J connectivity index is 1.66. The third-order valence-corrected chi connectivity index (χ3v) is 7.29. The van der Waals surface area contributed by atoms with Gasteiger partial charge in [-0.3, -0.25) is 19.3 Å². The van der Waals surface area contributed by atoms with Gasteiger partial charge in [-0.25, -0.2) is 5.06 Å². The molecule has 3 atom stereocenters. The number of carbonyl (C=O) groups excluding carboxylic acids is 1. The number of carboxylic acids is 1. The Hall–Kier alpha value is -3.10. The number of amides is 1. The van der Waals surface area contributed by atoms with Crippen molar-refractivity contribution in [3.05, 3.63) is 59.2 Å². The molecule has 1 N–H and O–H groups in total. The summed E-state index contributed by atoms with van der Waals surface area (Å²) in [6.07, 6.45) is 2.86. The monoisotopic (exact) mass is 510 g/mol. The number of methoxy groups -OCH3 is 1. The lowest BCUT2D eigenvalue weighted by atomic mass is 9.82. The zero-order valence-electron chi connectivity index (χ0n) is 22.0. The molecule has 2 aromatic carbocycles. The van der Waals surface area contributed by atoms with Crippen LogP contribution in [0, 0.1) is 5.92 Å². The minimum atomic E-state index is -0.857. The van der Waals surface area contributed by atoms with E-state index in [0.717, 1.165) is 47.5 Å². The predicted octanol–water partition coefficient (Wildman–Crippen LogP) is 3.92. The number of aliphatic carboxylic acids is 1. The summed E-state index contributed by atoms with van der Waals surface area (Å²) < 4.78 is 11.2. The smallest absolute Gasteiger partial charge is 0.308 e. The molecule has 3 unspecified atom stereocenters. The Morgan fingerprint density at radius 3 is 2.70 bits per heavy atom. The number of rotatable bonds is 12. The number of hydroxylamine groups is 2. The summed E-state index contributed by atoms with van der Waals surface area (Å²) >= 11 is 0. The number of benzene rings is 2. The minimum Gasteiger partial charge on any atom is -0.496 e. The molecule has 200 valence electrons. The van der Waals surface area contributed by atoms with Crippen molar-refractivity contribution < 1.29 is 29.0 Å². The molecule has 0 spiro atoms. The SMILES string of the molecule is CCCON(CCC)C(=O)CN1CC(c2ccc3c(c2)CCO3)C(C(=O)O)C1Cc1ccccc1OC. The van der Waals surface area contributed by atoms with Crippen molar-refractivity contribution in [1.29, 1.82) is 0 Å². The number of fused-ring (bicyclic) bond motifs is 1. The van der Waals surface area contributed by atoms with Crippen LogP contribution in [0.15, 0.2) is 42.5 Å². The van der Waals surface area contributed by atoms with Gasteiger partial charge in [0.2, 0.25) is 0 Å². The summed E-state index contributed by atoms with van der Waals surface area (Å²) in [5.41, 5.74) is 3.01. The first kappa shape index (κ1) is 26.9. The lowest BCUT2D eigenvalue weighted by Crippen LogP contribution is -2.45. The maximum atomic E-state index is 13.4. The summed E-state index contributed by atoms with van der Waals surface area (Å²) in [6.45, 7) is 6.18. The zero-order chi connectivity index (χ0) is 26.4. The van der Waals surface area contributed by atoms with E-state index in [4.69, 9.17) is 14.3 Å². The maximum Gasteiger partial charge on any atom is 0.308 e. The Labute approximate surface area is 219 Å². The van der Waals surface area contributed by atoms with E-state index >= 15 is 0 Å². The van der Waals surface area contributed by atoms with Crippen LogP contribution < -0.4 is 9.47 Å². The van der Waals surface area contributed by atoms with Gasteiger partial charge in [0.25, 0.3) is 5.91 Å². The van der Waals surface area contributed by atoms with E-state index in [1.165, 1.54) is 5.06 Å². The first-order valence-corrected chi connectivity index (χ1v) is 13.2. The fraction of sp³-hybridized carbons (Fsp3) is 0.517. The van der Waals surface area contributed by atoms with Gasteiger partial charge in [0.05, 0.1) is 32.8 Å². The number of carboxylic acid groups (broad SMARTS) is 1. The molecule has 8 heteroatoms. The lowest BCUT2D eigenvalue weighted by molar-refractivity contribution is -0.188. The molecule has 1 saturated heterocycles. The molecular weight excluding hydrogens is 472 g/mol. The number of ether oxygens (including phenoxy) is 2. The molecule has 0 aliphatic carbocycles. The topological polar surface area (TPSA) is 88.5 Å². The van der Waals surface area contributed by atoms with Gasteiger partial charge in [0, 0.05) is 31.5 Å². The summed E-state index contributed by atoms with van der Waals surface area (Å²) in [6, 6.07) is 13.3. The van der Waals surface area contributed by atoms with Crippen LogP contribution in [0.25, 0.3) is 0 Å². The molecule has 1 amide bonds. The number of carbonyl (C=O) groups is 2. The molecule has 0 bridgehead atoms. The van der Waals surface area contributed by atoms with Gasteiger partial charge < -0.3 is 14.6 Å². The highest BCUT2D eigenvalue weighted by Crippen LogP contribution is 2.41. The van der Waals surface area contributed by atoms with E-state index < -0.39 is 11.9 Å². The van der Waals surface area contributed by atoms with Crippen molar-refractivity contribution in [3.63, 3.8) is 0 Å². The third kappa shape index (κ3) is 6.08. The fourth-order valence-corrected chi connectivity index (χ4v) is 5.54. The van der Waals surface area contributed by atoms with Crippen molar-refractivity contribution in [2.24, 2.45) is 5.92 Å². The Bertz CT molecular complexity index is 1090. The second-order valence-corrected chi connectivity index (χ2v) is 9.78. The van der Waals surface area contributed by atoms with Crippen LogP contribution in [0.3, 0.4) is 0 Å². The first-order chi connectivity index (χ1) is 18.0. The minimum absolute atomic E-state index is 0.0951. The van der Waals surface area contributed by atoms with Gasteiger partial charge in [-0.1, -0.05) is 44.2 Å². The molecular formula is C29H38N2O6. The van der Waals surface area contributed by atoms with Crippen LogP contribution >= 0.6 is 0 Å². The van der Waals surface area contributed by atoms with E-state index in [1.807, 2.05) is 55.1 Å². The van der Waals surface area contributed by atoms with Gasteiger partial charge in [0.1, 0.15) is 11.5 Å². The number of hydrogen-bond acceptors (Lipinski definition) is 6. The quantitative estimate of drug-likeness (QED) is 0.433. The highest BCUT2D eigenvalue weighted by Gasteiger charge is 2.47. The van der Waals surface area contributed by atoms with Gasteiger partial charge >= 0.3 is 5.97 Å². The number of nitrogens with zero attached hydrogens (tertiary/aromatic N) is 2. The second-order valence-electron chi connectivity index (χ2n) is 9.78. The van der Waals surface area contributed by atoms with Crippen molar-refractivity contribution in [2.75, 3.05) is 40.0 Å². The van der Waals surface area contributed by atoms with Crippen molar-refractivity contribution in [3.8, 4) is 11.5 Å². The van der Waals surface area contributed by atoms with Gasteiger partial charge in [0.15, 0.2) is 0 Å². The van der Waals surface area contributed by atoms with E-state index in [0.29, 0.717) is 32.7 Å². The van der Waals surface area contributed by atoms with Crippen LogP contribution in [0.4, 0.5) is 0 Å². The first-order valence-electron chi connectivity index (χ1n) is 13.2. The molecule has 2 aliphatic heterocycles. The zero-order valence-corrected chi connectivity index (χ0v) is 22.0. The average molecular weight is 511 g/mol. The lowest BCUT2D eigenvalue weighted by Gasteiger charge is -2.29. The average Bonchev–Trinajstić information content (AvgIpc) is 3.51. The Morgan fingerprint density at radius 1 is 1.16 bits per heavy atom. The largest absolute Gasteiger partial charge is 0.496 e. The van der Waals surface area contributed by atoms with E-state index in [1.54, 1.807) is 7.11 Å². The number of para-hydroxylation sites is 1.